The van der Waals surface area contributed by atoms with Gasteiger partial charge in [0, 0.05) is 56.6 Å². The second-order valence-corrected chi connectivity index (χ2v) is 1.73. The summed E-state index contributed by atoms with van der Waals surface area (Å²) in [6, 6.07) is 3.02. The van der Waals surface area contributed by atoms with Crippen LogP contribution in [0.15, 0.2) is 29.7 Å². The normalized spacial score (nSPS) is 9.45. The molecule has 0 unspecified atom stereocenters. The van der Waals surface area contributed by atoms with E-state index in [0.717, 1.165) is 6.21 Å². The first-order valence-corrected chi connectivity index (χ1v) is 2.67. The van der Waals surface area contributed by atoms with Gasteiger partial charge in [0.05, 0.1) is 0 Å². The van der Waals surface area contributed by atoms with E-state index in [9.17, 15) is 10.4 Å². The molecule has 4 nitrogen and oxygen atoms in total. The van der Waals surface area contributed by atoms with E-state index in [4.69, 9.17) is 0 Å². The number of rotatable bonds is 1. The fourth-order valence-electron chi connectivity index (χ4n) is 0.571. The smallest absolute Gasteiger partial charge is 0.181 e. The van der Waals surface area contributed by atoms with Crippen LogP contribution in [0.1, 0.15) is 5.56 Å². The molecule has 11 heavy (non-hydrogen) atoms. The molecule has 5 heteroatoms. The predicted molar refractivity (Wildman–Crippen MR) is 36.4 cm³/mol. The van der Waals surface area contributed by atoms with Gasteiger partial charge >= 0.3 is 0 Å². The van der Waals surface area contributed by atoms with Gasteiger partial charge in [-0.2, -0.15) is 4.73 Å². The Hall–Kier alpha value is -0.476. The quantitative estimate of drug-likeness (QED) is 0.298. The molecule has 1 rings (SSSR count). The third-order valence-corrected chi connectivity index (χ3v) is 1.03. The molecule has 0 saturated carbocycles. The third kappa shape index (κ3) is 3.44. The molecule has 0 N–H and O–H groups in total. The van der Waals surface area contributed by atoms with Crippen LogP contribution in [0.3, 0.4) is 0 Å². The van der Waals surface area contributed by atoms with Crippen LogP contribution in [-0.4, -0.2) is 6.21 Å². The Labute approximate surface area is 89.0 Å². The summed E-state index contributed by atoms with van der Waals surface area (Å²) in [7, 11) is 0. The van der Waals surface area contributed by atoms with Gasteiger partial charge in [0.25, 0.3) is 0 Å². The zero-order valence-corrected chi connectivity index (χ0v) is 8.51. The SMILES string of the molecule is [O-]/N=C/c1cc[n+]([O-])cc1.[Y]. The Morgan fingerprint density at radius 3 is 2.36 bits per heavy atom. The molecule has 0 aliphatic rings. The fraction of sp³-hybridized carbons (Fsp3) is 0. The molecule has 0 atom stereocenters. The summed E-state index contributed by atoms with van der Waals surface area (Å²) in [5.41, 5.74) is 0.627. The summed E-state index contributed by atoms with van der Waals surface area (Å²) in [6.07, 6.45) is 3.74. The Bertz CT molecular complexity index is 235. The van der Waals surface area contributed by atoms with Crippen LogP contribution >= 0.6 is 0 Å². The van der Waals surface area contributed by atoms with Gasteiger partial charge in [0.1, 0.15) is 0 Å². The molecule has 0 aliphatic heterocycles. The topological polar surface area (TPSA) is 62.4 Å². The molecule has 0 bridgehead atoms. The molecule has 1 heterocycles. The molecule has 0 amide bonds. The summed E-state index contributed by atoms with van der Waals surface area (Å²) in [5.74, 6) is 0. The minimum absolute atomic E-state index is 0. The number of hydrogen-bond acceptors (Lipinski definition) is 3. The Morgan fingerprint density at radius 1 is 1.36 bits per heavy atom. The molecule has 0 fully saturated rings. The first kappa shape index (κ1) is 10.5. The van der Waals surface area contributed by atoms with Gasteiger partial charge in [-0.1, -0.05) is 0 Å². The maximum absolute atomic E-state index is 10.4. The summed E-state index contributed by atoms with van der Waals surface area (Å²) in [5, 5.41) is 22.6. The Balaban J connectivity index is 0.000001000. The first-order valence-electron chi connectivity index (χ1n) is 2.67. The van der Waals surface area contributed by atoms with E-state index in [1.807, 2.05) is 0 Å². The molecule has 0 aromatic carbocycles. The van der Waals surface area contributed by atoms with Crippen molar-refractivity contribution < 1.29 is 37.4 Å². The molecule has 1 radical (unpaired) electrons. The fourth-order valence-corrected chi connectivity index (χ4v) is 0.571. The monoisotopic (exact) mass is 226 g/mol. The number of nitrogens with zero attached hydrogens (tertiary/aromatic N) is 2. The van der Waals surface area contributed by atoms with Crippen LogP contribution in [0.5, 0.6) is 0 Å². The second kappa shape index (κ2) is 5.21. The van der Waals surface area contributed by atoms with Gasteiger partial charge in [-0.25, -0.2) is 0 Å². The van der Waals surface area contributed by atoms with Crippen molar-refractivity contribution in [2.45, 2.75) is 0 Å². The van der Waals surface area contributed by atoms with E-state index in [0.29, 0.717) is 10.3 Å². The zero-order valence-electron chi connectivity index (χ0n) is 5.68. The molecule has 1 aromatic rings. The van der Waals surface area contributed by atoms with Crippen LogP contribution in [0.4, 0.5) is 0 Å². The van der Waals surface area contributed by atoms with E-state index in [2.05, 4.69) is 5.16 Å². The average molecular weight is 226 g/mol. The van der Waals surface area contributed by atoms with Crippen molar-refractivity contribution in [1.82, 2.24) is 0 Å². The maximum Gasteiger partial charge on any atom is 0.181 e. The summed E-state index contributed by atoms with van der Waals surface area (Å²) in [4.78, 5) is 0. The molecule has 0 aliphatic carbocycles. The van der Waals surface area contributed by atoms with Gasteiger partial charge in [-0.3, -0.25) is 0 Å². The van der Waals surface area contributed by atoms with Crippen LogP contribution in [-0.2, 0) is 32.7 Å². The minimum Gasteiger partial charge on any atom is -0.792 e. The molecule has 0 spiro atoms. The minimum atomic E-state index is 0. The van der Waals surface area contributed by atoms with Crippen molar-refractivity contribution in [2.75, 3.05) is 0 Å². The largest absolute Gasteiger partial charge is 0.792 e. The van der Waals surface area contributed by atoms with E-state index in [1.165, 1.54) is 24.5 Å². The van der Waals surface area contributed by atoms with Crippen molar-refractivity contribution in [1.29, 1.82) is 0 Å². The molecular weight excluding hydrogens is 221 g/mol. The van der Waals surface area contributed by atoms with Crippen LogP contribution < -0.4 is 4.73 Å². The number of aromatic nitrogens is 1. The summed E-state index contributed by atoms with van der Waals surface area (Å²) < 4.78 is 0.641. The molecular formula is C6H5N2O2Y-. The molecule has 55 valence electrons. The number of pyridine rings is 1. The Morgan fingerprint density at radius 2 is 1.91 bits per heavy atom. The first-order chi connectivity index (χ1) is 4.83. The van der Waals surface area contributed by atoms with E-state index in [1.54, 1.807) is 0 Å². The van der Waals surface area contributed by atoms with E-state index >= 15 is 0 Å². The maximum atomic E-state index is 10.4. The number of hydrogen-bond donors (Lipinski definition) is 0. The van der Waals surface area contributed by atoms with Gasteiger partial charge in [-0.15, -0.1) is 0 Å². The van der Waals surface area contributed by atoms with Crippen molar-refractivity contribution in [3.63, 3.8) is 0 Å². The van der Waals surface area contributed by atoms with Crippen molar-refractivity contribution >= 4 is 6.21 Å². The van der Waals surface area contributed by atoms with Crippen molar-refractivity contribution in [2.24, 2.45) is 5.16 Å². The van der Waals surface area contributed by atoms with Crippen molar-refractivity contribution in [3.05, 3.63) is 40.5 Å². The zero-order chi connectivity index (χ0) is 7.40. The van der Waals surface area contributed by atoms with E-state index in [-0.39, 0.29) is 32.7 Å². The third-order valence-electron chi connectivity index (χ3n) is 1.03. The predicted octanol–water partition coefficient (Wildman–Crippen LogP) is 0.234. The molecule has 0 saturated heterocycles. The average Bonchev–Trinajstić information content (AvgIpc) is 1.95. The van der Waals surface area contributed by atoms with Gasteiger partial charge in [-0.05, 0) is 0 Å². The second-order valence-electron chi connectivity index (χ2n) is 1.73. The van der Waals surface area contributed by atoms with Gasteiger partial charge in [0.2, 0.25) is 0 Å². The molecule has 1 aromatic heterocycles. The van der Waals surface area contributed by atoms with E-state index < -0.39 is 0 Å². The van der Waals surface area contributed by atoms with Crippen LogP contribution in [0.2, 0.25) is 0 Å². The van der Waals surface area contributed by atoms with Gasteiger partial charge < -0.3 is 15.6 Å². The van der Waals surface area contributed by atoms with Crippen LogP contribution in [0.25, 0.3) is 0 Å². The van der Waals surface area contributed by atoms with Gasteiger partial charge in [0.15, 0.2) is 12.4 Å². The Kier molecular flexibility index (Phi) is 4.99. The van der Waals surface area contributed by atoms with Crippen molar-refractivity contribution in [3.8, 4) is 0 Å². The van der Waals surface area contributed by atoms with Crippen LogP contribution in [0, 0.1) is 10.4 Å². The summed E-state index contributed by atoms with van der Waals surface area (Å²) >= 11 is 0. The standard InChI is InChI=1S/C6H6N2O2.Y/c9-7-5-6-1-3-8(10)4-2-6;/h1-5,9H;/p-1/b7-5+;. The summed E-state index contributed by atoms with van der Waals surface area (Å²) in [6.45, 7) is 0.